The van der Waals surface area contributed by atoms with Crippen molar-refractivity contribution in [3.05, 3.63) is 64.4 Å². The highest BCUT2D eigenvalue weighted by molar-refractivity contribution is 9.10. The highest BCUT2D eigenvalue weighted by atomic mass is 79.9. The van der Waals surface area contributed by atoms with Crippen LogP contribution >= 0.6 is 27.7 Å². The van der Waals surface area contributed by atoms with E-state index in [0.29, 0.717) is 33.9 Å². The Morgan fingerprint density at radius 3 is 2.61 bits per heavy atom. The van der Waals surface area contributed by atoms with Crippen LogP contribution in [0.2, 0.25) is 0 Å². The van der Waals surface area contributed by atoms with E-state index in [1.807, 2.05) is 6.07 Å². The van der Waals surface area contributed by atoms with E-state index in [4.69, 9.17) is 8.83 Å². The molecule has 1 aromatic carbocycles. The minimum atomic E-state index is 0.366. The van der Waals surface area contributed by atoms with Gasteiger partial charge in [0.1, 0.15) is 5.82 Å². The number of benzene rings is 1. The third-order valence-corrected chi connectivity index (χ3v) is 5.82. The molecule has 3 aromatic heterocycles. The van der Waals surface area contributed by atoms with E-state index in [2.05, 4.69) is 65.2 Å². The molecule has 0 radical (unpaired) electrons. The van der Waals surface area contributed by atoms with Gasteiger partial charge in [-0.05, 0) is 46.5 Å². The van der Waals surface area contributed by atoms with Gasteiger partial charge in [-0.2, -0.15) is 0 Å². The van der Waals surface area contributed by atoms with Crippen LogP contribution in [-0.2, 0) is 12.3 Å². The van der Waals surface area contributed by atoms with Crippen LogP contribution in [0.1, 0.15) is 36.0 Å². The quantitative estimate of drug-likeness (QED) is 0.364. The van der Waals surface area contributed by atoms with Gasteiger partial charge in [-0.3, -0.25) is 0 Å². The summed E-state index contributed by atoms with van der Waals surface area (Å²) in [6.45, 7) is 0.761. The van der Waals surface area contributed by atoms with E-state index in [-0.39, 0.29) is 0 Å². The van der Waals surface area contributed by atoms with Crippen molar-refractivity contribution in [2.45, 2.75) is 36.2 Å². The molecule has 0 aliphatic heterocycles. The molecule has 142 valence electrons. The third-order valence-electron chi connectivity index (χ3n) is 4.45. The predicted octanol–water partition coefficient (Wildman–Crippen LogP) is 4.90. The molecule has 0 N–H and O–H groups in total. The van der Waals surface area contributed by atoms with Crippen LogP contribution in [0, 0.1) is 0 Å². The summed E-state index contributed by atoms with van der Waals surface area (Å²) >= 11 is 4.83. The Bertz CT molecular complexity index is 1090. The van der Waals surface area contributed by atoms with Gasteiger partial charge in [-0.25, -0.2) is 0 Å². The van der Waals surface area contributed by atoms with Crippen LogP contribution in [0.5, 0.6) is 0 Å². The fourth-order valence-electron chi connectivity index (χ4n) is 2.93. The van der Waals surface area contributed by atoms with Gasteiger partial charge in [-0.15, -0.1) is 20.4 Å². The molecule has 4 aromatic rings. The van der Waals surface area contributed by atoms with Crippen molar-refractivity contribution in [3.63, 3.8) is 0 Å². The van der Waals surface area contributed by atoms with Gasteiger partial charge in [0.25, 0.3) is 5.89 Å². The lowest BCUT2D eigenvalue weighted by Gasteiger charge is -2.09. The zero-order valence-electron chi connectivity index (χ0n) is 14.8. The number of aromatic nitrogens is 5. The molecule has 1 saturated carbocycles. The Morgan fingerprint density at radius 2 is 1.86 bits per heavy atom. The SMILES string of the molecule is Brc1ccc(-c2nnc(CSc3nnc(C4CC4)n3Cc3ccccc3)o2)o1. The summed E-state index contributed by atoms with van der Waals surface area (Å²) in [5.41, 5.74) is 1.23. The smallest absolute Gasteiger partial charge is 0.283 e. The molecule has 1 fully saturated rings. The topological polar surface area (TPSA) is 82.8 Å². The van der Waals surface area contributed by atoms with Crippen LogP contribution < -0.4 is 0 Å². The highest BCUT2D eigenvalue weighted by Crippen LogP contribution is 2.40. The van der Waals surface area contributed by atoms with Crippen molar-refractivity contribution < 1.29 is 8.83 Å². The van der Waals surface area contributed by atoms with E-state index in [0.717, 1.165) is 17.5 Å². The fourth-order valence-corrected chi connectivity index (χ4v) is 4.02. The van der Waals surface area contributed by atoms with Crippen molar-refractivity contribution in [2.24, 2.45) is 0 Å². The summed E-state index contributed by atoms with van der Waals surface area (Å²) in [6, 6.07) is 13.9. The molecular weight excluding hydrogens is 442 g/mol. The van der Waals surface area contributed by atoms with Gasteiger partial charge in [0.05, 0.1) is 12.3 Å². The van der Waals surface area contributed by atoms with Crippen molar-refractivity contribution in [2.75, 3.05) is 0 Å². The monoisotopic (exact) mass is 457 g/mol. The molecule has 5 rings (SSSR count). The number of hydrogen-bond donors (Lipinski definition) is 0. The van der Waals surface area contributed by atoms with Gasteiger partial charge in [-0.1, -0.05) is 42.1 Å². The Morgan fingerprint density at radius 1 is 1.00 bits per heavy atom. The first-order chi connectivity index (χ1) is 13.8. The third kappa shape index (κ3) is 3.77. The van der Waals surface area contributed by atoms with Gasteiger partial charge in [0.15, 0.2) is 15.6 Å². The molecule has 0 bridgehead atoms. The maximum absolute atomic E-state index is 5.71. The van der Waals surface area contributed by atoms with E-state index in [1.165, 1.54) is 18.4 Å². The van der Waals surface area contributed by atoms with E-state index < -0.39 is 0 Å². The van der Waals surface area contributed by atoms with Crippen molar-refractivity contribution in [3.8, 4) is 11.7 Å². The minimum absolute atomic E-state index is 0.366. The normalized spacial score (nSPS) is 13.9. The van der Waals surface area contributed by atoms with Crippen LogP contribution in [0.15, 0.2) is 61.1 Å². The molecule has 0 spiro atoms. The summed E-state index contributed by atoms with van der Waals surface area (Å²) in [4.78, 5) is 0. The number of thioether (sulfide) groups is 1. The summed E-state index contributed by atoms with van der Waals surface area (Å²) in [5, 5.41) is 17.9. The molecule has 9 heteroatoms. The number of halogens is 1. The molecule has 7 nitrogen and oxygen atoms in total. The van der Waals surface area contributed by atoms with Crippen LogP contribution in [-0.4, -0.2) is 25.0 Å². The van der Waals surface area contributed by atoms with Gasteiger partial charge < -0.3 is 13.4 Å². The first-order valence-corrected chi connectivity index (χ1v) is 10.7. The number of nitrogens with zero attached hydrogens (tertiary/aromatic N) is 5. The average Bonchev–Trinajstić information content (AvgIpc) is 3.10. The maximum atomic E-state index is 5.71. The zero-order valence-corrected chi connectivity index (χ0v) is 17.2. The molecular formula is C19H16BrN5O2S. The maximum Gasteiger partial charge on any atom is 0.283 e. The summed E-state index contributed by atoms with van der Waals surface area (Å²) in [6.07, 6.45) is 2.37. The standard InChI is InChI=1S/C19H16BrN5O2S/c20-15-9-8-14(26-15)18-23-21-16(27-18)11-28-19-24-22-17(13-6-7-13)25(19)10-12-4-2-1-3-5-12/h1-5,8-9,13H,6-7,10-11H2. The minimum Gasteiger partial charge on any atom is -0.444 e. The molecule has 1 aliphatic carbocycles. The second-order valence-corrected chi connectivity index (χ2v) is 8.30. The van der Waals surface area contributed by atoms with E-state index in [1.54, 1.807) is 23.9 Å². The molecule has 1 aliphatic rings. The molecule has 3 heterocycles. The van der Waals surface area contributed by atoms with Gasteiger partial charge in [0.2, 0.25) is 5.89 Å². The second kappa shape index (κ2) is 7.56. The lowest BCUT2D eigenvalue weighted by molar-refractivity contribution is 0.486. The van der Waals surface area contributed by atoms with Gasteiger partial charge in [0, 0.05) is 5.92 Å². The summed E-state index contributed by atoms with van der Waals surface area (Å²) < 4.78 is 14.0. The van der Waals surface area contributed by atoms with Crippen molar-refractivity contribution in [1.29, 1.82) is 0 Å². The van der Waals surface area contributed by atoms with E-state index >= 15 is 0 Å². The summed E-state index contributed by atoms with van der Waals surface area (Å²) in [5.74, 6) is 3.54. The zero-order chi connectivity index (χ0) is 18.9. The largest absolute Gasteiger partial charge is 0.444 e. The number of furan rings is 1. The number of rotatable bonds is 7. The van der Waals surface area contributed by atoms with Crippen LogP contribution in [0.4, 0.5) is 0 Å². The lowest BCUT2D eigenvalue weighted by Crippen LogP contribution is -2.06. The van der Waals surface area contributed by atoms with Crippen molar-refractivity contribution >= 4 is 27.7 Å². The Balaban J connectivity index is 1.33. The molecule has 0 unspecified atom stereocenters. The first kappa shape index (κ1) is 17.7. The predicted molar refractivity (Wildman–Crippen MR) is 107 cm³/mol. The Kier molecular flexibility index (Phi) is 4.77. The fraction of sp³-hybridized carbons (Fsp3) is 0.263. The first-order valence-electron chi connectivity index (χ1n) is 8.94. The van der Waals surface area contributed by atoms with Crippen LogP contribution in [0.25, 0.3) is 11.7 Å². The molecule has 28 heavy (non-hydrogen) atoms. The number of hydrogen-bond acceptors (Lipinski definition) is 7. The lowest BCUT2D eigenvalue weighted by atomic mass is 10.2. The van der Waals surface area contributed by atoms with Crippen molar-refractivity contribution in [1.82, 2.24) is 25.0 Å². The molecule has 0 atom stereocenters. The second-order valence-electron chi connectivity index (χ2n) is 6.58. The van der Waals surface area contributed by atoms with E-state index in [9.17, 15) is 0 Å². The highest BCUT2D eigenvalue weighted by Gasteiger charge is 2.30. The Hall–Kier alpha value is -2.39. The summed E-state index contributed by atoms with van der Waals surface area (Å²) in [7, 11) is 0. The average molecular weight is 458 g/mol. The van der Waals surface area contributed by atoms with Crippen LogP contribution in [0.3, 0.4) is 0 Å². The van der Waals surface area contributed by atoms with Gasteiger partial charge >= 0.3 is 0 Å². The molecule has 0 amide bonds. The molecule has 0 saturated heterocycles. The Labute approximate surface area is 173 Å².